The van der Waals surface area contributed by atoms with E-state index in [1.54, 1.807) is 4.90 Å². The van der Waals surface area contributed by atoms with Gasteiger partial charge in [-0.05, 0) is 30.5 Å². The van der Waals surface area contributed by atoms with Crippen LogP contribution in [0.25, 0.3) is 0 Å². The fourth-order valence-electron chi connectivity index (χ4n) is 5.29. The Balaban J connectivity index is 1.51. The summed E-state index contributed by atoms with van der Waals surface area (Å²) in [5.74, 6) is 6.90. The molecule has 2 aliphatic heterocycles. The number of fused-ring (bicyclic) bond motifs is 1. The van der Waals surface area contributed by atoms with Crippen molar-refractivity contribution in [2.45, 2.75) is 64.0 Å². The number of nitrogens with zero attached hydrogens (tertiary/aromatic N) is 2. The Morgan fingerprint density at radius 2 is 1.87 bits per heavy atom. The Kier molecular flexibility index (Phi) is 6.15. The molecule has 0 spiro atoms. The number of aliphatic hydroxyl groups excluding tert-OH is 1. The Morgan fingerprint density at radius 1 is 1.17 bits per heavy atom. The van der Waals surface area contributed by atoms with E-state index in [1.807, 2.05) is 17.0 Å². The Labute approximate surface area is 179 Å². The van der Waals surface area contributed by atoms with Gasteiger partial charge in [-0.15, -0.1) is 0 Å². The molecule has 2 amide bonds. The number of carbonyl (C=O) groups excluding carboxylic acids is 2. The predicted octanol–water partition coefficient (Wildman–Crippen LogP) is 2.77. The molecule has 5 heteroatoms. The summed E-state index contributed by atoms with van der Waals surface area (Å²) in [4.78, 5) is 29.4. The second-order valence-corrected chi connectivity index (χ2v) is 9.24. The number of aliphatic hydroxyl groups is 1. The van der Waals surface area contributed by atoms with Gasteiger partial charge in [0.2, 0.25) is 11.8 Å². The molecule has 0 unspecified atom stereocenters. The van der Waals surface area contributed by atoms with Crippen molar-refractivity contribution < 1.29 is 14.7 Å². The SMILES string of the molecule is CC(C)C#Cc1ccc([C@H]2[C@@H](CO)N3C(=O)CN(C(=O)C4CCCCC4)C[C@H]23)cc1. The van der Waals surface area contributed by atoms with E-state index in [9.17, 15) is 14.7 Å². The molecule has 3 aliphatic rings. The number of carbonyl (C=O) groups is 2. The van der Waals surface area contributed by atoms with Crippen LogP contribution in [-0.2, 0) is 9.59 Å². The first-order valence-corrected chi connectivity index (χ1v) is 11.3. The lowest BCUT2D eigenvalue weighted by Crippen LogP contribution is -2.73. The number of amides is 2. The maximum absolute atomic E-state index is 13.0. The van der Waals surface area contributed by atoms with Crippen LogP contribution in [0.15, 0.2) is 24.3 Å². The van der Waals surface area contributed by atoms with Crippen LogP contribution in [0.2, 0.25) is 0 Å². The monoisotopic (exact) mass is 408 g/mol. The van der Waals surface area contributed by atoms with Gasteiger partial charge in [-0.2, -0.15) is 0 Å². The van der Waals surface area contributed by atoms with Crippen molar-refractivity contribution in [3.05, 3.63) is 35.4 Å². The smallest absolute Gasteiger partial charge is 0.242 e. The van der Waals surface area contributed by atoms with Crippen molar-refractivity contribution >= 4 is 11.8 Å². The molecule has 1 aromatic rings. The minimum absolute atomic E-state index is 0.0369. The molecule has 5 nitrogen and oxygen atoms in total. The van der Waals surface area contributed by atoms with Crippen molar-refractivity contribution in [3.63, 3.8) is 0 Å². The van der Waals surface area contributed by atoms with Gasteiger partial charge in [-0.1, -0.05) is 57.1 Å². The first kappa shape index (κ1) is 20.9. The predicted molar refractivity (Wildman–Crippen MR) is 116 cm³/mol. The summed E-state index contributed by atoms with van der Waals surface area (Å²) in [6, 6.07) is 7.88. The van der Waals surface area contributed by atoms with Gasteiger partial charge in [-0.25, -0.2) is 0 Å². The molecule has 160 valence electrons. The summed E-state index contributed by atoms with van der Waals surface area (Å²) in [5.41, 5.74) is 2.07. The fourth-order valence-corrected chi connectivity index (χ4v) is 5.29. The second kappa shape index (κ2) is 8.81. The first-order chi connectivity index (χ1) is 14.5. The summed E-state index contributed by atoms with van der Waals surface area (Å²) in [5, 5.41) is 9.96. The highest BCUT2D eigenvalue weighted by molar-refractivity contribution is 5.88. The largest absolute Gasteiger partial charge is 0.394 e. The maximum atomic E-state index is 13.0. The number of hydrogen-bond acceptors (Lipinski definition) is 3. The van der Waals surface area contributed by atoms with Gasteiger partial charge in [0.05, 0.1) is 25.2 Å². The molecule has 0 bridgehead atoms. The molecule has 1 saturated carbocycles. The zero-order valence-corrected chi connectivity index (χ0v) is 18.0. The molecule has 30 heavy (non-hydrogen) atoms. The summed E-state index contributed by atoms with van der Waals surface area (Å²) in [7, 11) is 0. The molecule has 0 radical (unpaired) electrons. The standard InChI is InChI=1S/C25H32N2O3/c1-17(2)8-9-18-10-12-19(13-11-18)24-21-14-26(15-23(29)27(21)22(24)16-28)25(30)20-6-4-3-5-7-20/h10-13,17,20-22,24,28H,3-7,14-16H2,1-2H3/t21-,22-,24-/m1/s1. The zero-order chi connectivity index (χ0) is 21.3. The van der Waals surface area contributed by atoms with E-state index < -0.39 is 0 Å². The minimum atomic E-state index is -0.206. The Bertz CT molecular complexity index is 845. The third-order valence-electron chi connectivity index (χ3n) is 6.82. The summed E-state index contributed by atoms with van der Waals surface area (Å²) >= 11 is 0. The van der Waals surface area contributed by atoms with Gasteiger partial charge < -0.3 is 14.9 Å². The lowest BCUT2D eigenvalue weighted by atomic mass is 9.73. The quantitative estimate of drug-likeness (QED) is 0.783. The highest BCUT2D eigenvalue weighted by atomic mass is 16.3. The van der Waals surface area contributed by atoms with E-state index >= 15 is 0 Å². The molecule has 0 aromatic heterocycles. The van der Waals surface area contributed by atoms with Crippen LogP contribution in [0.1, 0.15) is 63.0 Å². The van der Waals surface area contributed by atoms with Crippen LogP contribution in [0.3, 0.4) is 0 Å². The van der Waals surface area contributed by atoms with Crippen LogP contribution in [0, 0.1) is 23.7 Å². The van der Waals surface area contributed by atoms with Crippen LogP contribution in [0.4, 0.5) is 0 Å². The Morgan fingerprint density at radius 3 is 2.50 bits per heavy atom. The van der Waals surface area contributed by atoms with Crippen molar-refractivity contribution in [1.29, 1.82) is 0 Å². The van der Waals surface area contributed by atoms with Crippen LogP contribution >= 0.6 is 0 Å². The van der Waals surface area contributed by atoms with E-state index in [1.165, 1.54) is 6.42 Å². The Hall–Kier alpha value is -2.32. The number of rotatable bonds is 3. The van der Waals surface area contributed by atoms with Gasteiger partial charge in [0, 0.05) is 29.9 Å². The van der Waals surface area contributed by atoms with Gasteiger partial charge in [0.25, 0.3) is 0 Å². The van der Waals surface area contributed by atoms with Crippen LogP contribution < -0.4 is 0 Å². The lowest BCUT2D eigenvalue weighted by molar-refractivity contribution is -0.168. The summed E-state index contributed by atoms with van der Waals surface area (Å²) < 4.78 is 0. The van der Waals surface area contributed by atoms with E-state index in [4.69, 9.17) is 0 Å². The summed E-state index contributed by atoms with van der Waals surface area (Å²) in [6.45, 7) is 4.79. The average molecular weight is 409 g/mol. The molecule has 1 aromatic carbocycles. The molecule has 2 saturated heterocycles. The topological polar surface area (TPSA) is 60.9 Å². The number of benzene rings is 1. The third kappa shape index (κ3) is 3.98. The highest BCUT2D eigenvalue weighted by Gasteiger charge is 2.54. The van der Waals surface area contributed by atoms with Crippen molar-refractivity contribution in [2.24, 2.45) is 11.8 Å². The molecular weight excluding hydrogens is 376 g/mol. The van der Waals surface area contributed by atoms with E-state index in [-0.39, 0.29) is 48.9 Å². The fraction of sp³-hybridized carbons (Fsp3) is 0.600. The second-order valence-electron chi connectivity index (χ2n) is 9.24. The highest BCUT2D eigenvalue weighted by Crippen LogP contribution is 2.43. The zero-order valence-electron chi connectivity index (χ0n) is 18.0. The van der Waals surface area contributed by atoms with Crippen LogP contribution in [-0.4, -0.2) is 58.5 Å². The molecule has 2 heterocycles. The summed E-state index contributed by atoms with van der Waals surface area (Å²) in [6.07, 6.45) is 5.31. The lowest BCUT2D eigenvalue weighted by Gasteiger charge is -2.59. The average Bonchev–Trinajstić information content (AvgIpc) is 2.74. The van der Waals surface area contributed by atoms with Gasteiger partial charge in [0.15, 0.2) is 0 Å². The number of hydrogen-bond donors (Lipinski definition) is 1. The van der Waals surface area contributed by atoms with Crippen molar-refractivity contribution in [2.75, 3.05) is 19.7 Å². The van der Waals surface area contributed by atoms with E-state index in [2.05, 4.69) is 37.8 Å². The van der Waals surface area contributed by atoms with Crippen molar-refractivity contribution in [3.8, 4) is 11.8 Å². The first-order valence-electron chi connectivity index (χ1n) is 11.3. The molecular formula is C25H32N2O3. The van der Waals surface area contributed by atoms with Gasteiger partial charge in [0.1, 0.15) is 0 Å². The number of piperazine rings is 1. The van der Waals surface area contributed by atoms with Gasteiger partial charge in [-0.3, -0.25) is 9.59 Å². The molecule has 3 atom stereocenters. The van der Waals surface area contributed by atoms with E-state index in [0.29, 0.717) is 12.5 Å². The van der Waals surface area contributed by atoms with Crippen molar-refractivity contribution in [1.82, 2.24) is 9.80 Å². The van der Waals surface area contributed by atoms with Crippen LogP contribution in [0.5, 0.6) is 0 Å². The van der Waals surface area contributed by atoms with E-state index in [0.717, 1.165) is 36.8 Å². The molecule has 1 N–H and O–H groups in total. The third-order valence-corrected chi connectivity index (χ3v) is 6.82. The molecule has 4 rings (SSSR count). The van der Waals surface area contributed by atoms with Gasteiger partial charge >= 0.3 is 0 Å². The molecule has 3 fully saturated rings. The maximum Gasteiger partial charge on any atom is 0.242 e. The molecule has 1 aliphatic carbocycles. The normalized spacial score (nSPS) is 26.7. The minimum Gasteiger partial charge on any atom is -0.394 e.